The molecular formula is C26H24N2O3. The summed E-state index contributed by atoms with van der Waals surface area (Å²) in [6.45, 7) is 3.97. The van der Waals surface area contributed by atoms with E-state index in [9.17, 15) is 10.2 Å². The van der Waals surface area contributed by atoms with Crippen LogP contribution in [0.15, 0.2) is 66.7 Å². The summed E-state index contributed by atoms with van der Waals surface area (Å²) in [6.07, 6.45) is 0.851. The van der Waals surface area contributed by atoms with Crippen LogP contribution in [-0.4, -0.2) is 27.3 Å². The van der Waals surface area contributed by atoms with Gasteiger partial charge in [0.25, 0.3) is 0 Å². The van der Waals surface area contributed by atoms with Crippen molar-refractivity contribution in [2.75, 3.05) is 7.11 Å². The molecule has 0 fully saturated rings. The standard InChI is InChI=1S/C26H24N2O3/c1-4-17-9-11-19(26(30)13-17)21-6-5-7-22(27-21)24-15-18(31-3)14-23(28-24)20-10-8-16(2)12-25(20)29/h5-15,29-30H,4H2,1-3H3. The third-order valence-corrected chi connectivity index (χ3v) is 5.22. The lowest BCUT2D eigenvalue weighted by Crippen LogP contribution is -1.95. The molecule has 2 aromatic carbocycles. The first-order valence-corrected chi connectivity index (χ1v) is 10.1. The third-order valence-electron chi connectivity index (χ3n) is 5.22. The van der Waals surface area contributed by atoms with E-state index in [2.05, 4.69) is 0 Å². The van der Waals surface area contributed by atoms with Crippen LogP contribution in [0.2, 0.25) is 0 Å². The van der Waals surface area contributed by atoms with Crippen molar-refractivity contribution in [1.82, 2.24) is 9.97 Å². The second-order valence-electron chi connectivity index (χ2n) is 7.41. The number of aromatic nitrogens is 2. The summed E-state index contributed by atoms with van der Waals surface area (Å²) in [4.78, 5) is 9.47. The summed E-state index contributed by atoms with van der Waals surface area (Å²) in [5, 5.41) is 20.9. The van der Waals surface area contributed by atoms with Crippen LogP contribution in [-0.2, 0) is 6.42 Å². The average Bonchev–Trinajstić information content (AvgIpc) is 2.78. The molecule has 2 aromatic heterocycles. The first kappa shape index (κ1) is 20.4. The lowest BCUT2D eigenvalue weighted by atomic mass is 10.0. The van der Waals surface area contributed by atoms with Crippen LogP contribution in [0.3, 0.4) is 0 Å². The molecule has 0 spiro atoms. The number of rotatable bonds is 5. The van der Waals surface area contributed by atoms with E-state index < -0.39 is 0 Å². The van der Waals surface area contributed by atoms with Gasteiger partial charge in [-0.15, -0.1) is 0 Å². The van der Waals surface area contributed by atoms with Crippen LogP contribution < -0.4 is 4.74 Å². The van der Waals surface area contributed by atoms with Gasteiger partial charge in [0.05, 0.1) is 29.9 Å². The smallest absolute Gasteiger partial charge is 0.125 e. The van der Waals surface area contributed by atoms with Crippen molar-refractivity contribution >= 4 is 0 Å². The molecule has 0 aliphatic rings. The zero-order valence-electron chi connectivity index (χ0n) is 17.8. The minimum absolute atomic E-state index is 0.161. The van der Waals surface area contributed by atoms with Crippen LogP contribution in [0.5, 0.6) is 17.2 Å². The van der Waals surface area contributed by atoms with Crippen molar-refractivity contribution < 1.29 is 14.9 Å². The lowest BCUT2D eigenvalue weighted by Gasteiger charge is -2.11. The number of aryl methyl sites for hydroxylation is 2. The van der Waals surface area contributed by atoms with Crippen molar-refractivity contribution in [2.45, 2.75) is 20.3 Å². The predicted molar refractivity (Wildman–Crippen MR) is 122 cm³/mol. The molecule has 0 unspecified atom stereocenters. The van der Waals surface area contributed by atoms with Gasteiger partial charge in [-0.05, 0) is 60.9 Å². The predicted octanol–water partition coefficient (Wildman–Crippen LogP) is 5.77. The number of hydrogen-bond acceptors (Lipinski definition) is 5. The van der Waals surface area contributed by atoms with Crippen LogP contribution in [0.4, 0.5) is 0 Å². The largest absolute Gasteiger partial charge is 0.507 e. The fourth-order valence-corrected chi connectivity index (χ4v) is 3.49. The zero-order valence-corrected chi connectivity index (χ0v) is 17.8. The molecule has 0 aliphatic heterocycles. The molecular weight excluding hydrogens is 388 g/mol. The van der Waals surface area contributed by atoms with Gasteiger partial charge >= 0.3 is 0 Å². The fraction of sp³-hybridized carbons (Fsp3) is 0.154. The minimum atomic E-state index is 0.161. The van der Waals surface area contributed by atoms with Crippen LogP contribution in [0.25, 0.3) is 33.9 Å². The minimum Gasteiger partial charge on any atom is -0.507 e. The third kappa shape index (κ3) is 4.21. The Morgan fingerprint density at radius 2 is 1.39 bits per heavy atom. The number of aromatic hydroxyl groups is 2. The summed E-state index contributed by atoms with van der Waals surface area (Å²) >= 11 is 0. The van der Waals surface area contributed by atoms with E-state index in [4.69, 9.17) is 14.7 Å². The quantitative estimate of drug-likeness (QED) is 0.435. The topological polar surface area (TPSA) is 75.5 Å². The Labute approximate surface area is 181 Å². The highest BCUT2D eigenvalue weighted by atomic mass is 16.5. The van der Waals surface area contributed by atoms with E-state index in [-0.39, 0.29) is 11.5 Å². The number of nitrogens with zero attached hydrogens (tertiary/aromatic N) is 2. The molecule has 4 aromatic rings. The highest BCUT2D eigenvalue weighted by Crippen LogP contribution is 2.34. The van der Waals surface area contributed by atoms with Gasteiger partial charge in [-0.3, -0.25) is 0 Å². The Balaban J connectivity index is 1.80. The molecule has 156 valence electrons. The van der Waals surface area contributed by atoms with Gasteiger partial charge in [-0.25, -0.2) is 9.97 Å². The fourth-order valence-electron chi connectivity index (χ4n) is 3.49. The summed E-state index contributed by atoms with van der Waals surface area (Å²) in [7, 11) is 1.59. The second-order valence-corrected chi connectivity index (χ2v) is 7.41. The van der Waals surface area contributed by atoms with Crippen molar-refractivity contribution in [3.63, 3.8) is 0 Å². The van der Waals surface area contributed by atoms with E-state index >= 15 is 0 Å². The molecule has 0 atom stereocenters. The Hall–Kier alpha value is -3.86. The normalized spacial score (nSPS) is 10.8. The average molecular weight is 412 g/mol. The number of pyridine rings is 2. The van der Waals surface area contributed by atoms with E-state index in [0.717, 1.165) is 17.5 Å². The summed E-state index contributed by atoms with van der Waals surface area (Å²) < 4.78 is 5.47. The maximum Gasteiger partial charge on any atom is 0.125 e. The van der Waals surface area contributed by atoms with Crippen molar-refractivity contribution in [3.05, 3.63) is 77.9 Å². The van der Waals surface area contributed by atoms with Gasteiger partial charge in [0.15, 0.2) is 0 Å². The van der Waals surface area contributed by atoms with Gasteiger partial charge < -0.3 is 14.9 Å². The van der Waals surface area contributed by atoms with Crippen LogP contribution in [0, 0.1) is 6.92 Å². The molecule has 5 heteroatoms. The van der Waals surface area contributed by atoms with Crippen molar-refractivity contribution in [2.24, 2.45) is 0 Å². The molecule has 31 heavy (non-hydrogen) atoms. The number of ether oxygens (including phenoxy) is 1. The molecule has 0 aliphatic carbocycles. The van der Waals surface area contributed by atoms with E-state index in [1.165, 1.54) is 0 Å². The first-order chi connectivity index (χ1) is 15.0. The number of hydrogen-bond donors (Lipinski definition) is 2. The van der Waals surface area contributed by atoms with Crippen LogP contribution >= 0.6 is 0 Å². The number of benzene rings is 2. The van der Waals surface area contributed by atoms with Gasteiger partial charge in [0, 0.05) is 23.3 Å². The number of phenolic OH excluding ortho intramolecular Hbond substituents is 2. The highest BCUT2D eigenvalue weighted by molar-refractivity contribution is 5.73. The molecule has 0 saturated carbocycles. The summed E-state index contributed by atoms with van der Waals surface area (Å²) in [6, 6.07) is 20.3. The molecule has 0 amide bonds. The van der Waals surface area contributed by atoms with Crippen molar-refractivity contribution in [1.29, 1.82) is 0 Å². The van der Waals surface area contributed by atoms with E-state index in [0.29, 0.717) is 39.7 Å². The SMILES string of the molecule is CCc1ccc(-c2cccc(-c3cc(OC)cc(-c4ccc(C)cc4O)n3)n2)c(O)c1. The van der Waals surface area contributed by atoms with E-state index in [1.54, 1.807) is 31.4 Å². The highest BCUT2D eigenvalue weighted by Gasteiger charge is 2.13. The molecule has 4 rings (SSSR count). The van der Waals surface area contributed by atoms with Gasteiger partial charge in [0.1, 0.15) is 17.2 Å². The maximum atomic E-state index is 10.5. The molecule has 2 N–H and O–H groups in total. The van der Waals surface area contributed by atoms with Crippen molar-refractivity contribution in [3.8, 4) is 51.2 Å². The van der Waals surface area contributed by atoms with Gasteiger partial charge in [-0.1, -0.05) is 25.1 Å². The van der Waals surface area contributed by atoms with E-state index in [1.807, 2.05) is 56.3 Å². The summed E-state index contributed by atoms with van der Waals surface area (Å²) in [5.74, 6) is 0.976. The Morgan fingerprint density at radius 3 is 2.10 bits per heavy atom. The zero-order chi connectivity index (χ0) is 22.0. The molecule has 0 saturated heterocycles. The molecule has 0 bridgehead atoms. The molecule has 0 radical (unpaired) electrons. The monoisotopic (exact) mass is 412 g/mol. The van der Waals surface area contributed by atoms with Crippen LogP contribution in [0.1, 0.15) is 18.1 Å². The molecule has 2 heterocycles. The Bertz CT molecular complexity index is 1250. The number of methoxy groups -OCH3 is 1. The Morgan fingerprint density at radius 1 is 0.742 bits per heavy atom. The second kappa shape index (κ2) is 8.48. The maximum absolute atomic E-state index is 10.5. The first-order valence-electron chi connectivity index (χ1n) is 10.1. The number of phenols is 2. The Kier molecular flexibility index (Phi) is 5.58. The van der Waals surface area contributed by atoms with Gasteiger partial charge in [-0.2, -0.15) is 0 Å². The van der Waals surface area contributed by atoms with Gasteiger partial charge in [0.2, 0.25) is 0 Å². The summed E-state index contributed by atoms with van der Waals surface area (Å²) in [5.41, 5.74) is 5.82. The lowest BCUT2D eigenvalue weighted by molar-refractivity contribution is 0.414. The molecule has 5 nitrogen and oxygen atoms in total.